The highest BCUT2D eigenvalue weighted by Crippen LogP contribution is 2.23. The van der Waals surface area contributed by atoms with Gasteiger partial charge in [-0.05, 0) is 36.8 Å². The second kappa shape index (κ2) is 7.53. The first kappa shape index (κ1) is 17.2. The minimum Gasteiger partial charge on any atom is -0.337 e. The van der Waals surface area contributed by atoms with Gasteiger partial charge in [-0.1, -0.05) is 36.7 Å². The molecule has 2 aromatic carbocycles. The first-order valence-electron chi connectivity index (χ1n) is 8.25. The smallest absolute Gasteiger partial charge is 0.244 e. The number of nitrogens with zero attached hydrogens (tertiary/aromatic N) is 1. The maximum Gasteiger partial charge on any atom is 0.244 e. The molecule has 0 radical (unpaired) electrons. The predicted molar refractivity (Wildman–Crippen MR) is 101 cm³/mol. The maximum absolute atomic E-state index is 12.4. The summed E-state index contributed by atoms with van der Waals surface area (Å²) in [6.07, 6.45) is 3.09. The molecule has 1 N–H and O–H groups in total. The monoisotopic (exact) mass is 354 g/mol. The summed E-state index contributed by atoms with van der Waals surface area (Å²) < 4.78 is 1.82. The number of rotatable bonds is 6. The Bertz CT molecular complexity index is 913. The van der Waals surface area contributed by atoms with Gasteiger partial charge in [0.2, 0.25) is 5.91 Å². The van der Waals surface area contributed by atoms with Gasteiger partial charge in [0.05, 0.1) is 0 Å². The Morgan fingerprint density at radius 1 is 1.08 bits per heavy atom. The number of fused-ring (bicyclic) bond motifs is 1. The molecule has 0 aliphatic heterocycles. The van der Waals surface area contributed by atoms with Gasteiger partial charge in [0.15, 0.2) is 5.78 Å². The molecular weight excluding hydrogens is 336 g/mol. The molecule has 0 unspecified atom stereocenters. The zero-order chi connectivity index (χ0) is 17.8. The largest absolute Gasteiger partial charge is 0.337 e. The third-order valence-corrected chi connectivity index (χ3v) is 4.26. The number of nitrogens with one attached hydrogen (secondary N) is 1. The van der Waals surface area contributed by atoms with Crippen LogP contribution in [0.3, 0.4) is 0 Å². The van der Waals surface area contributed by atoms with Crippen molar-refractivity contribution < 1.29 is 9.59 Å². The number of carbonyl (C=O) groups excluding carboxylic acids is 2. The molecule has 0 saturated heterocycles. The standard InChI is InChI=1S/C20H19ClN2O2/c1-2-5-19(24)17-12-23(18-7-4-3-6-16(17)18)13-20(25)22-15-10-8-14(21)9-11-15/h3-4,6-12H,2,5,13H2,1H3,(H,22,25). The quantitative estimate of drug-likeness (QED) is 0.639. The lowest BCUT2D eigenvalue weighted by Crippen LogP contribution is -2.18. The molecule has 0 aliphatic carbocycles. The number of ketones is 1. The summed E-state index contributed by atoms with van der Waals surface area (Å²) in [6, 6.07) is 14.6. The number of hydrogen-bond donors (Lipinski definition) is 1. The van der Waals surface area contributed by atoms with Gasteiger partial charge >= 0.3 is 0 Å². The number of Topliss-reactive ketones (excluding diaryl/α,β-unsaturated/α-hetero) is 1. The lowest BCUT2D eigenvalue weighted by molar-refractivity contribution is -0.116. The summed E-state index contributed by atoms with van der Waals surface area (Å²) in [5, 5.41) is 4.35. The molecule has 0 saturated carbocycles. The van der Waals surface area contributed by atoms with Crippen LogP contribution in [0.1, 0.15) is 30.1 Å². The summed E-state index contributed by atoms with van der Waals surface area (Å²) in [7, 11) is 0. The van der Waals surface area contributed by atoms with Crippen molar-refractivity contribution in [1.29, 1.82) is 0 Å². The fourth-order valence-corrected chi connectivity index (χ4v) is 2.98. The van der Waals surface area contributed by atoms with Gasteiger partial charge in [-0.25, -0.2) is 0 Å². The summed E-state index contributed by atoms with van der Waals surface area (Å²) in [4.78, 5) is 24.7. The number of halogens is 1. The molecule has 1 amide bonds. The van der Waals surface area contributed by atoms with Crippen LogP contribution in [0.25, 0.3) is 10.9 Å². The van der Waals surface area contributed by atoms with Crippen molar-refractivity contribution >= 4 is 39.9 Å². The summed E-state index contributed by atoms with van der Waals surface area (Å²) in [5.74, 6) is -0.0480. The Morgan fingerprint density at radius 3 is 2.52 bits per heavy atom. The number of carbonyl (C=O) groups is 2. The third kappa shape index (κ3) is 3.91. The highest BCUT2D eigenvalue weighted by molar-refractivity contribution is 6.30. The zero-order valence-electron chi connectivity index (χ0n) is 14.0. The molecule has 1 aromatic heterocycles. The molecule has 3 aromatic rings. The van der Waals surface area contributed by atoms with Gasteiger partial charge in [0.1, 0.15) is 6.54 Å². The highest BCUT2D eigenvalue weighted by Gasteiger charge is 2.15. The molecule has 3 rings (SSSR count). The van der Waals surface area contributed by atoms with Crippen LogP contribution in [0.2, 0.25) is 5.02 Å². The van der Waals surface area contributed by atoms with Crippen LogP contribution in [-0.4, -0.2) is 16.3 Å². The summed E-state index contributed by atoms with van der Waals surface area (Å²) >= 11 is 5.85. The molecule has 128 valence electrons. The van der Waals surface area contributed by atoms with Gasteiger partial charge in [0.25, 0.3) is 0 Å². The van der Waals surface area contributed by atoms with Crippen molar-refractivity contribution in [3.63, 3.8) is 0 Å². The fraction of sp³-hybridized carbons (Fsp3) is 0.200. The molecule has 0 bridgehead atoms. The van der Waals surface area contributed by atoms with Crippen molar-refractivity contribution in [3.05, 3.63) is 65.3 Å². The minimum absolute atomic E-state index is 0.107. The average Bonchev–Trinajstić information content (AvgIpc) is 2.96. The van der Waals surface area contributed by atoms with E-state index in [0.29, 0.717) is 22.7 Å². The van der Waals surface area contributed by atoms with E-state index >= 15 is 0 Å². The number of benzene rings is 2. The van der Waals surface area contributed by atoms with Crippen LogP contribution in [0.4, 0.5) is 5.69 Å². The molecule has 0 atom stereocenters. The van der Waals surface area contributed by atoms with E-state index in [-0.39, 0.29) is 18.2 Å². The lowest BCUT2D eigenvalue weighted by Gasteiger charge is -2.07. The third-order valence-electron chi connectivity index (χ3n) is 4.01. The summed E-state index contributed by atoms with van der Waals surface area (Å²) in [6.45, 7) is 2.12. The van der Waals surface area contributed by atoms with Gasteiger partial charge in [-0.15, -0.1) is 0 Å². The van der Waals surface area contributed by atoms with Crippen LogP contribution in [-0.2, 0) is 11.3 Å². The first-order valence-corrected chi connectivity index (χ1v) is 8.62. The Balaban J connectivity index is 1.84. The Kier molecular flexibility index (Phi) is 5.19. The van der Waals surface area contributed by atoms with E-state index in [1.54, 1.807) is 30.5 Å². The van der Waals surface area contributed by atoms with E-state index in [0.717, 1.165) is 17.3 Å². The Labute approximate surface area is 151 Å². The zero-order valence-corrected chi connectivity index (χ0v) is 14.7. The average molecular weight is 355 g/mol. The van der Waals surface area contributed by atoms with E-state index in [9.17, 15) is 9.59 Å². The lowest BCUT2D eigenvalue weighted by atomic mass is 10.1. The minimum atomic E-state index is -0.155. The van der Waals surface area contributed by atoms with Gasteiger partial charge in [0, 0.05) is 39.8 Å². The first-order chi connectivity index (χ1) is 12.1. The van der Waals surface area contributed by atoms with Crippen molar-refractivity contribution in [2.45, 2.75) is 26.3 Å². The van der Waals surface area contributed by atoms with Crippen LogP contribution < -0.4 is 5.32 Å². The molecule has 25 heavy (non-hydrogen) atoms. The van der Waals surface area contributed by atoms with Crippen molar-refractivity contribution in [1.82, 2.24) is 4.57 Å². The van der Waals surface area contributed by atoms with Gasteiger partial charge in [-0.2, -0.15) is 0 Å². The second-order valence-electron chi connectivity index (χ2n) is 5.92. The molecular formula is C20H19ClN2O2. The number of anilines is 1. The predicted octanol–water partition coefficient (Wildman–Crippen LogP) is 4.92. The molecule has 5 heteroatoms. The van der Waals surface area contributed by atoms with Gasteiger partial charge in [-0.3, -0.25) is 9.59 Å². The number of aromatic nitrogens is 1. The maximum atomic E-state index is 12.4. The van der Waals surface area contributed by atoms with E-state index < -0.39 is 0 Å². The van der Waals surface area contributed by atoms with Crippen LogP contribution in [0.5, 0.6) is 0 Å². The van der Waals surface area contributed by atoms with Gasteiger partial charge < -0.3 is 9.88 Å². The molecule has 0 spiro atoms. The number of amides is 1. The van der Waals surface area contributed by atoms with Crippen LogP contribution in [0, 0.1) is 0 Å². The molecule has 0 aliphatic rings. The second-order valence-corrected chi connectivity index (χ2v) is 6.35. The Hall–Kier alpha value is -2.59. The summed E-state index contributed by atoms with van der Waals surface area (Å²) in [5.41, 5.74) is 2.25. The van der Waals surface area contributed by atoms with E-state index in [2.05, 4.69) is 5.32 Å². The van der Waals surface area contributed by atoms with Crippen LogP contribution >= 0.6 is 11.6 Å². The number of hydrogen-bond acceptors (Lipinski definition) is 2. The number of para-hydroxylation sites is 1. The van der Waals surface area contributed by atoms with E-state index in [1.807, 2.05) is 35.8 Å². The van der Waals surface area contributed by atoms with Crippen molar-refractivity contribution in [3.8, 4) is 0 Å². The SMILES string of the molecule is CCCC(=O)c1cn(CC(=O)Nc2ccc(Cl)cc2)c2ccccc12. The molecule has 4 nitrogen and oxygen atoms in total. The Morgan fingerprint density at radius 2 is 1.80 bits per heavy atom. The van der Waals surface area contributed by atoms with E-state index in [4.69, 9.17) is 11.6 Å². The normalized spacial score (nSPS) is 10.8. The van der Waals surface area contributed by atoms with Crippen LogP contribution in [0.15, 0.2) is 54.7 Å². The highest BCUT2D eigenvalue weighted by atomic mass is 35.5. The van der Waals surface area contributed by atoms with Crippen molar-refractivity contribution in [2.75, 3.05) is 5.32 Å². The molecule has 1 heterocycles. The molecule has 0 fully saturated rings. The van der Waals surface area contributed by atoms with Crippen molar-refractivity contribution in [2.24, 2.45) is 0 Å². The van der Waals surface area contributed by atoms with E-state index in [1.165, 1.54) is 0 Å². The fourth-order valence-electron chi connectivity index (χ4n) is 2.85. The topological polar surface area (TPSA) is 51.1 Å².